The summed E-state index contributed by atoms with van der Waals surface area (Å²) >= 11 is 0. The van der Waals surface area contributed by atoms with Gasteiger partial charge in [-0.25, -0.2) is 4.39 Å². The lowest BCUT2D eigenvalue weighted by Crippen LogP contribution is -2.78. The van der Waals surface area contributed by atoms with Gasteiger partial charge in [-0.05, 0) is 6.42 Å². The third-order valence-electron chi connectivity index (χ3n) is 4.87. The van der Waals surface area contributed by atoms with Crippen LogP contribution in [0.2, 0.25) is 0 Å². The van der Waals surface area contributed by atoms with E-state index in [1.807, 2.05) is 0 Å². The van der Waals surface area contributed by atoms with Crippen molar-refractivity contribution in [1.29, 1.82) is 0 Å². The number of hydrogen-bond donors (Lipinski definition) is 0. The van der Waals surface area contributed by atoms with Gasteiger partial charge in [-0.3, -0.25) is 0 Å². The van der Waals surface area contributed by atoms with Gasteiger partial charge in [-0.2, -0.15) is 105 Å². The molecule has 0 aliphatic carbocycles. The molecule has 25 heteroatoms. The first-order valence-electron chi connectivity index (χ1n) is 8.88. The highest BCUT2D eigenvalue weighted by Crippen LogP contribution is 2.67. The minimum Gasteiger partial charge on any atom is -0.226 e. The summed E-state index contributed by atoms with van der Waals surface area (Å²) in [4.78, 5) is 0. The molecule has 0 bridgehead atoms. The van der Waals surface area contributed by atoms with E-state index < -0.39 is 84.2 Å². The fraction of sp³-hybridized carbons (Fsp3) is 0.933. The molecule has 0 rings (SSSR count). The molecule has 1 unspecified atom stereocenters. The molecule has 1 atom stereocenters. The van der Waals surface area contributed by atoms with Gasteiger partial charge in [-0.15, -0.1) is 0 Å². The van der Waals surface area contributed by atoms with Gasteiger partial charge in [0.1, 0.15) is 0 Å². The van der Waals surface area contributed by atoms with Crippen molar-refractivity contribution in [2.45, 2.75) is 84.7 Å². The number of hydrogen-bond acceptors (Lipinski definition) is 0. The monoisotopic (exact) mass is 661 g/mol. The van der Waals surface area contributed by atoms with Crippen LogP contribution in [0.5, 0.6) is 0 Å². The lowest BCUT2D eigenvalue weighted by molar-refractivity contribution is -0.479. The second-order valence-corrected chi connectivity index (χ2v) is 7.49. The molecule has 1 radical (unpaired) electrons. The number of alkyl halides is 25. The Morgan fingerprint density at radius 2 is 0.500 bits per heavy atom. The molecule has 0 heterocycles. The Kier molecular flexibility index (Phi) is 8.97. The Bertz CT molecular complexity index is 902. The first kappa shape index (κ1) is 38.2. The largest absolute Gasteiger partial charge is 0.460 e. The maximum Gasteiger partial charge on any atom is 0.460 e. The van der Waals surface area contributed by atoms with E-state index in [2.05, 4.69) is 0 Å². The molecule has 0 aromatic rings. The minimum absolute atomic E-state index is 0.148. The van der Waals surface area contributed by atoms with E-state index >= 15 is 0 Å². The van der Waals surface area contributed by atoms with Crippen molar-refractivity contribution in [2.24, 2.45) is 0 Å². The van der Waals surface area contributed by atoms with Crippen LogP contribution in [0.3, 0.4) is 0 Å². The Morgan fingerprint density at radius 1 is 0.300 bits per heavy atom. The summed E-state index contributed by atoms with van der Waals surface area (Å²) in [7, 11) is 0. The van der Waals surface area contributed by atoms with Crippen molar-refractivity contribution in [1.82, 2.24) is 0 Å². The summed E-state index contributed by atoms with van der Waals surface area (Å²) < 4.78 is 329. The lowest BCUT2D eigenvalue weighted by Gasteiger charge is -2.46. The standard InChI is InChI=1S/C15H6F25/c1-2-3-4(16,14(35,36)37)5(17,18)6(19,20)7(21,22)8(23,24)9(25,26)10(27,28)11(29,30)12(31,32)13(33,34)15(38,39)40/h3H,2H2,1H3. The van der Waals surface area contributed by atoms with Gasteiger partial charge in [-0.1, -0.05) is 6.92 Å². The highest BCUT2D eigenvalue weighted by molar-refractivity contribution is 5.22. The molecular formula is C15H6F25. The van der Waals surface area contributed by atoms with Crippen molar-refractivity contribution in [3.05, 3.63) is 6.42 Å². The van der Waals surface area contributed by atoms with Crippen molar-refractivity contribution < 1.29 is 110 Å². The zero-order chi connectivity index (χ0) is 33.4. The molecule has 0 nitrogen and oxygen atoms in total. The van der Waals surface area contributed by atoms with Crippen molar-refractivity contribution in [3.63, 3.8) is 0 Å². The summed E-state index contributed by atoms with van der Waals surface area (Å²) in [5.74, 6) is -82.4. The first-order chi connectivity index (χ1) is 16.8. The second-order valence-electron chi connectivity index (χ2n) is 7.49. The molecule has 241 valence electrons. The molecule has 0 saturated heterocycles. The van der Waals surface area contributed by atoms with Crippen LogP contribution < -0.4 is 0 Å². The SMILES string of the molecule is CC[CH]C(F)(C(F)(F)F)C(F)(F)C(F)(F)C(F)(F)C(F)(F)C(F)(F)C(F)(F)C(F)(F)C(F)(F)C(F)(F)C(F)(F)F. The predicted molar refractivity (Wildman–Crippen MR) is 75.1 cm³/mol. The van der Waals surface area contributed by atoms with Crippen LogP contribution in [-0.2, 0) is 0 Å². The van der Waals surface area contributed by atoms with Crippen LogP contribution in [0.25, 0.3) is 0 Å². The van der Waals surface area contributed by atoms with Crippen LogP contribution in [0.4, 0.5) is 110 Å². The Balaban J connectivity index is 7.39. The van der Waals surface area contributed by atoms with Crippen molar-refractivity contribution >= 4 is 0 Å². The van der Waals surface area contributed by atoms with Crippen LogP contribution in [-0.4, -0.2) is 71.3 Å². The van der Waals surface area contributed by atoms with Gasteiger partial charge in [0.05, 0.1) is 0 Å². The van der Waals surface area contributed by atoms with E-state index in [4.69, 9.17) is 0 Å². The molecule has 0 saturated carbocycles. The molecule has 40 heavy (non-hydrogen) atoms. The quantitative estimate of drug-likeness (QED) is 0.194. The van der Waals surface area contributed by atoms with Gasteiger partial charge < -0.3 is 0 Å². The average Bonchev–Trinajstić information content (AvgIpc) is 2.70. The van der Waals surface area contributed by atoms with Gasteiger partial charge in [0.2, 0.25) is 0 Å². The van der Waals surface area contributed by atoms with E-state index in [-0.39, 0.29) is 6.92 Å². The Hall–Kier alpha value is -1.75. The smallest absolute Gasteiger partial charge is 0.226 e. The second kappa shape index (κ2) is 9.38. The van der Waals surface area contributed by atoms with Gasteiger partial charge in [0, 0.05) is 6.42 Å². The van der Waals surface area contributed by atoms with Gasteiger partial charge >= 0.3 is 65.7 Å². The van der Waals surface area contributed by atoms with E-state index in [1.54, 1.807) is 0 Å². The zero-order valence-electron chi connectivity index (χ0n) is 17.7. The summed E-state index contributed by atoms with van der Waals surface area (Å²) in [6.45, 7) is 0.148. The lowest BCUT2D eigenvalue weighted by atomic mass is 9.81. The maximum absolute atomic E-state index is 13.9. The average molecular weight is 661 g/mol. The molecule has 0 aromatic carbocycles. The molecule has 0 N–H and O–H groups in total. The number of halogens is 25. The molecule has 0 spiro atoms. The fourth-order valence-electron chi connectivity index (χ4n) is 2.49. The maximum atomic E-state index is 13.9. The predicted octanol–water partition coefficient (Wildman–Crippen LogP) is 9.15. The minimum atomic E-state index is -9.54. The third kappa shape index (κ3) is 4.39. The molecule has 0 fully saturated rings. The molecule has 0 aliphatic rings. The highest BCUT2D eigenvalue weighted by Gasteiger charge is 2.99. The van der Waals surface area contributed by atoms with E-state index in [0.29, 0.717) is 0 Å². The fourth-order valence-corrected chi connectivity index (χ4v) is 2.49. The van der Waals surface area contributed by atoms with Gasteiger partial charge in [0.15, 0.2) is 0 Å². The molecule has 0 aromatic heterocycles. The Morgan fingerprint density at radius 3 is 0.675 bits per heavy atom. The molecule has 0 amide bonds. The third-order valence-corrected chi connectivity index (χ3v) is 4.87. The topological polar surface area (TPSA) is 0 Å². The van der Waals surface area contributed by atoms with E-state index in [9.17, 15) is 110 Å². The van der Waals surface area contributed by atoms with Crippen LogP contribution in [0.15, 0.2) is 0 Å². The van der Waals surface area contributed by atoms with E-state index in [0.717, 1.165) is 0 Å². The number of rotatable bonds is 11. The van der Waals surface area contributed by atoms with Crippen LogP contribution in [0, 0.1) is 6.42 Å². The normalized spacial score (nSPS) is 18.1. The summed E-state index contributed by atoms with van der Waals surface area (Å²) in [5.41, 5.74) is -7.25. The zero-order valence-corrected chi connectivity index (χ0v) is 17.7. The van der Waals surface area contributed by atoms with Gasteiger partial charge in [0.25, 0.3) is 5.67 Å². The summed E-state index contributed by atoms with van der Waals surface area (Å²) in [6.07, 6.45) is -19.3. The molecular weight excluding hydrogens is 655 g/mol. The Labute approximate surface area is 202 Å². The van der Waals surface area contributed by atoms with Crippen LogP contribution in [0.1, 0.15) is 13.3 Å². The first-order valence-corrected chi connectivity index (χ1v) is 8.88. The van der Waals surface area contributed by atoms with E-state index in [1.165, 1.54) is 0 Å². The summed E-state index contributed by atoms with van der Waals surface area (Å²) in [5, 5.41) is 0. The molecule has 0 aliphatic heterocycles. The van der Waals surface area contributed by atoms with Crippen molar-refractivity contribution in [3.8, 4) is 0 Å². The highest BCUT2D eigenvalue weighted by atomic mass is 19.4. The van der Waals surface area contributed by atoms with Crippen LogP contribution >= 0.6 is 0 Å². The summed E-state index contributed by atoms with van der Waals surface area (Å²) in [6, 6.07) is 0. The van der Waals surface area contributed by atoms with Crippen molar-refractivity contribution in [2.75, 3.05) is 0 Å².